The molecule has 0 unspecified atom stereocenters. The molecule has 0 bridgehead atoms. The Morgan fingerprint density at radius 3 is 1.70 bits per heavy atom. The van der Waals surface area contributed by atoms with Crippen LogP contribution in [0.25, 0.3) is 0 Å². The third-order valence-electron chi connectivity index (χ3n) is 5.62. The van der Waals surface area contributed by atoms with Gasteiger partial charge in [-0.3, -0.25) is 9.69 Å². The van der Waals surface area contributed by atoms with Gasteiger partial charge in [-0.05, 0) is 31.9 Å². The Morgan fingerprint density at radius 2 is 1.27 bits per heavy atom. The molecule has 2 amide bonds. The van der Waals surface area contributed by atoms with Gasteiger partial charge in [0.25, 0.3) is 0 Å². The van der Waals surface area contributed by atoms with Gasteiger partial charge in [0.15, 0.2) is 0 Å². The van der Waals surface area contributed by atoms with Gasteiger partial charge in [-0.25, -0.2) is 9.59 Å². The van der Waals surface area contributed by atoms with Crippen LogP contribution in [0.1, 0.15) is 31.9 Å². The normalized spacial score (nSPS) is 12.5. The van der Waals surface area contributed by atoms with Crippen LogP contribution in [-0.4, -0.2) is 65.7 Å². The molecule has 7 nitrogen and oxygen atoms in total. The molecule has 0 aliphatic rings. The first-order valence-electron chi connectivity index (χ1n) is 12.3. The summed E-state index contributed by atoms with van der Waals surface area (Å²) in [5.74, 6) is -0.965. The molecule has 0 heterocycles. The standard InChI is InChI=1S/C30H38N2O5/c1-7-19-31(26(28(34)36-6)22-24-17-13-10-14-18-24)27(33)25(21-23-15-11-9-12-16-23)32(20-8-2)29(35)37-30(3,4)5/h7-18,25-26H,1-2,19-22H2,3-6H3/t25-,26-/m0/s1. The van der Waals surface area contributed by atoms with Crippen molar-refractivity contribution in [2.75, 3.05) is 20.2 Å². The molecule has 0 N–H and O–H groups in total. The molecule has 0 fully saturated rings. The molecule has 0 radical (unpaired) electrons. The summed E-state index contributed by atoms with van der Waals surface area (Å²) in [6.45, 7) is 13.0. The predicted molar refractivity (Wildman–Crippen MR) is 145 cm³/mol. The lowest BCUT2D eigenvalue weighted by molar-refractivity contribution is -0.154. The molecule has 37 heavy (non-hydrogen) atoms. The van der Waals surface area contributed by atoms with Gasteiger partial charge in [-0.15, -0.1) is 13.2 Å². The van der Waals surface area contributed by atoms with Crippen LogP contribution in [0.5, 0.6) is 0 Å². The van der Waals surface area contributed by atoms with E-state index in [1.165, 1.54) is 16.9 Å². The maximum atomic E-state index is 14.3. The lowest BCUT2D eigenvalue weighted by Gasteiger charge is -2.37. The number of methoxy groups -OCH3 is 1. The Kier molecular flexibility index (Phi) is 11.1. The fourth-order valence-corrected chi connectivity index (χ4v) is 3.95. The summed E-state index contributed by atoms with van der Waals surface area (Å²) in [6, 6.07) is 16.9. The number of carbonyl (C=O) groups excluding carboxylic acids is 3. The van der Waals surface area contributed by atoms with E-state index in [9.17, 15) is 14.4 Å². The second kappa shape index (κ2) is 14.0. The molecule has 2 rings (SSSR count). The lowest BCUT2D eigenvalue weighted by atomic mass is 10.00. The van der Waals surface area contributed by atoms with Gasteiger partial charge < -0.3 is 14.4 Å². The second-order valence-electron chi connectivity index (χ2n) is 9.63. The van der Waals surface area contributed by atoms with Crippen molar-refractivity contribution in [2.24, 2.45) is 0 Å². The van der Waals surface area contributed by atoms with E-state index in [0.29, 0.717) is 0 Å². The predicted octanol–water partition coefficient (Wildman–Crippen LogP) is 4.82. The number of hydrogen-bond acceptors (Lipinski definition) is 5. The van der Waals surface area contributed by atoms with E-state index in [1.54, 1.807) is 32.9 Å². The maximum Gasteiger partial charge on any atom is 0.411 e. The number of rotatable bonds is 12. The Balaban J connectivity index is 2.56. The Morgan fingerprint density at radius 1 is 0.811 bits per heavy atom. The molecule has 198 valence electrons. The van der Waals surface area contributed by atoms with Crippen LogP contribution >= 0.6 is 0 Å². The third kappa shape index (κ3) is 8.94. The van der Waals surface area contributed by atoms with E-state index in [-0.39, 0.29) is 25.9 Å². The number of benzene rings is 2. The highest BCUT2D eigenvalue weighted by Gasteiger charge is 2.39. The van der Waals surface area contributed by atoms with Crippen LogP contribution in [0.15, 0.2) is 86.0 Å². The minimum Gasteiger partial charge on any atom is -0.467 e. The maximum absolute atomic E-state index is 14.3. The zero-order valence-electron chi connectivity index (χ0n) is 22.3. The zero-order chi connectivity index (χ0) is 27.4. The molecule has 7 heteroatoms. The van der Waals surface area contributed by atoms with Gasteiger partial charge in [-0.2, -0.15) is 0 Å². The minimum atomic E-state index is -0.960. The van der Waals surface area contributed by atoms with E-state index in [0.717, 1.165) is 11.1 Å². The fraction of sp³-hybridized carbons (Fsp3) is 0.367. The van der Waals surface area contributed by atoms with E-state index >= 15 is 0 Å². The topological polar surface area (TPSA) is 76.2 Å². The lowest BCUT2D eigenvalue weighted by Crippen LogP contribution is -2.57. The number of amides is 2. The van der Waals surface area contributed by atoms with Gasteiger partial charge in [0.05, 0.1) is 7.11 Å². The van der Waals surface area contributed by atoms with Gasteiger partial charge in [0.1, 0.15) is 17.7 Å². The number of hydrogen-bond donors (Lipinski definition) is 0. The first kappa shape index (κ1) is 29.4. The number of ether oxygens (including phenoxy) is 2. The van der Waals surface area contributed by atoms with Gasteiger partial charge in [0, 0.05) is 25.9 Å². The molecule has 0 aliphatic carbocycles. The summed E-state index contributed by atoms with van der Waals surface area (Å²) in [5.41, 5.74) is 0.962. The first-order chi connectivity index (χ1) is 17.6. The molecular weight excluding hydrogens is 468 g/mol. The Labute approximate surface area is 220 Å². The Hall–Kier alpha value is -3.87. The van der Waals surface area contributed by atoms with Crippen LogP contribution in [0, 0.1) is 0 Å². The highest BCUT2D eigenvalue weighted by atomic mass is 16.6. The van der Waals surface area contributed by atoms with Gasteiger partial charge in [0.2, 0.25) is 5.91 Å². The summed E-state index contributed by atoms with van der Waals surface area (Å²) < 4.78 is 10.7. The quantitative estimate of drug-likeness (QED) is 0.305. The summed E-state index contributed by atoms with van der Waals surface area (Å²) >= 11 is 0. The molecule has 2 aromatic rings. The van der Waals surface area contributed by atoms with Crippen molar-refractivity contribution in [2.45, 2.75) is 51.3 Å². The van der Waals surface area contributed by atoms with Crippen molar-refractivity contribution < 1.29 is 23.9 Å². The highest BCUT2D eigenvalue weighted by Crippen LogP contribution is 2.20. The molecule has 0 aliphatic heterocycles. The highest BCUT2D eigenvalue weighted by molar-refractivity contribution is 5.90. The van der Waals surface area contributed by atoms with Crippen LogP contribution < -0.4 is 0 Å². The zero-order valence-corrected chi connectivity index (χ0v) is 22.3. The van der Waals surface area contributed by atoms with Crippen molar-refractivity contribution in [3.8, 4) is 0 Å². The van der Waals surface area contributed by atoms with Crippen molar-refractivity contribution in [1.82, 2.24) is 9.80 Å². The summed E-state index contributed by atoms with van der Waals surface area (Å²) in [4.78, 5) is 43.3. The summed E-state index contributed by atoms with van der Waals surface area (Å²) in [5, 5.41) is 0. The summed E-state index contributed by atoms with van der Waals surface area (Å²) in [7, 11) is 1.29. The molecular formula is C30H38N2O5. The van der Waals surface area contributed by atoms with Gasteiger partial charge >= 0.3 is 12.1 Å². The van der Waals surface area contributed by atoms with Crippen LogP contribution in [0.4, 0.5) is 4.79 Å². The smallest absolute Gasteiger partial charge is 0.411 e. The monoisotopic (exact) mass is 506 g/mol. The Bertz CT molecular complexity index is 1050. The van der Waals surface area contributed by atoms with E-state index in [2.05, 4.69) is 13.2 Å². The number of esters is 1. The summed E-state index contributed by atoms with van der Waals surface area (Å²) in [6.07, 6.45) is 2.94. The van der Waals surface area contributed by atoms with Crippen molar-refractivity contribution in [3.63, 3.8) is 0 Å². The van der Waals surface area contributed by atoms with E-state index in [1.807, 2.05) is 60.7 Å². The molecule has 2 atom stereocenters. The number of nitrogens with zero attached hydrogens (tertiary/aromatic N) is 2. The fourth-order valence-electron chi connectivity index (χ4n) is 3.95. The molecule has 0 saturated heterocycles. The molecule has 0 aromatic heterocycles. The molecule has 0 saturated carbocycles. The third-order valence-corrected chi connectivity index (χ3v) is 5.62. The second-order valence-corrected chi connectivity index (χ2v) is 9.63. The van der Waals surface area contributed by atoms with E-state index in [4.69, 9.17) is 9.47 Å². The number of carbonyl (C=O) groups is 3. The molecule has 2 aromatic carbocycles. The van der Waals surface area contributed by atoms with Gasteiger partial charge in [-0.1, -0.05) is 72.8 Å². The van der Waals surface area contributed by atoms with Crippen molar-refractivity contribution in [3.05, 3.63) is 97.1 Å². The first-order valence-corrected chi connectivity index (χ1v) is 12.3. The van der Waals surface area contributed by atoms with Crippen molar-refractivity contribution >= 4 is 18.0 Å². The average Bonchev–Trinajstić information content (AvgIpc) is 2.87. The van der Waals surface area contributed by atoms with Crippen LogP contribution in [0.3, 0.4) is 0 Å². The van der Waals surface area contributed by atoms with Crippen LogP contribution in [0.2, 0.25) is 0 Å². The van der Waals surface area contributed by atoms with E-state index < -0.39 is 35.7 Å². The largest absolute Gasteiger partial charge is 0.467 e. The van der Waals surface area contributed by atoms with Crippen LogP contribution in [-0.2, 0) is 31.9 Å². The van der Waals surface area contributed by atoms with Crippen molar-refractivity contribution in [1.29, 1.82) is 0 Å². The minimum absolute atomic E-state index is 0.0850. The SMILES string of the molecule is C=CCN(C(=O)OC(C)(C)C)[C@@H](Cc1ccccc1)C(=O)N(CC=C)[C@@H](Cc1ccccc1)C(=O)OC. The average molecular weight is 507 g/mol. The molecule has 0 spiro atoms.